The molecular weight excluding hydrogens is 226 g/mol. The summed E-state index contributed by atoms with van der Waals surface area (Å²) in [6, 6.07) is 3.86. The summed E-state index contributed by atoms with van der Waals surface area (Å²) in [7, 11) is 2.18. The summed E-state index contributed by atoms with van der Waals surface area (Å²) >= 11 is 5.97. The second-order valence-electron chi connectivity index (χ2n) is 3.39. The van der Waals surface area contributed by atoms with Gasteiger partial charge in [0.15, 0.2) is 0 Å². The Balaban J connectivity index is 2.21. The molecule has 0 spiro atoms. The Kier molecular flexibility index (Phi) is 6.41. The fourth-order valence-corrected chi connectivity index (χ4v) is 1.41. The molecule has 0 fully saturated rings. The minimum atomic E-state index is 0.487. The molecule has 0 aromatic carbocycles. The van der Waals surface area contributed by atoms with Crippen molar-refractivity contribution in [3.63, 3.8) is 0 Å². The van der Waals surface area contributed by atoms with Gasteiger partial charge in [-0.3, -0.25) is 0 Å². The Morgan fingerprint density at radius 3 is 3.00 bits per heavy atom. The number of hydrogen-bond donors (Lipinski definition) is 1. The lowest BCUT2D eigenvalue weighted by Crippen LogP contribution is -2.25. The molecule has 0 bridgehead atoms. The van der Waals surface area contributed by atoms with E-state index in [-0.39, 0.29) is 0 Å². The highest BCUT2D eigenvalue weighted by Crippen LogP contribution is 2.14. The molecule has 6 heteroatoms. The van der Waals surface area contributed by atoms with E-state index in [0.29, 0.717) is 26.0 Å². The number of nitrogens with one attached hydrogen (secondary N) is 1. The number of ether oxygens (including phenoxy) is 1. The summed E-state index contributed by atoms with van der Waals surface area (Å²) in [6.45, 7) is 3.77. The molecule has 0 amide bonds. The van der Waals surface area contributed by atoms with Gasteiger partial charge < -0.3 is 14.6 Å². The quantitative estimate of drug-likeness (QED) is 0.441. The molecule has 0 unspecified atom stereocenters. The van der Waals surface area contributed by atoms with Crippen molar-refractivity contribution in [2.24, 2.45) is 0 Å². The second-order valence-corrected chi connectivity index (χ2v) is 3.75. The largest absolute Gasteiger partial charge is 0.427 e. The lowest BCUT2D eigenvalue weighted by atomic mass is 10.2. The fourth-order valence-electron chi connectivity index (χ4n) is 1.16. The van der Waals surface area contributed by atoms with E-state index in [2.05, 4.69) is 10.2 Å². The van der Waals surface area contributed by atoms with E-state index in [1.54, 1.807) is 7.11 Å². The predicted octanol–water partition coefficient (Wildman–Crippen LogP) is 1.06. The van der Waals surface area contributed by atoms with Crippen molar-refractivity contribution in [3.8, 4) is 0 Å². The van der Waals surface area contributed by atoms with Gasteiger partial charge in [0.05, 0.1) is 13.2 Å². The van der Waals surface area contributed by atoms with Gasteiger partial charge in [-0.2, -0.15) is 0 Å². The highest BCUT2D eigenvalue weighted by atomic mass is 35.5. The number of hydrogen-bond acceptors (Lipinski definition) is 4. The molecule has 0 saturated heterocycles. The Bertz CT molecular complexity index is 326. The van der Waals surface area contributed by atoms with Crippen LogP contribution in [-0.4, -0.2) is 32.9 Å². The van der Waals surface area contributed by atoms with Gasteiger partial charge in [-0.25, -0.2) is 4.98 Å². The third-order valence-electron chi connectivity index (χ3n) is 1.99. The first kappa shape index (κ1) is 13.4. The lowest BCUT2D eigenvalue weighted by Gasteiger charge is -2.06. The molecule has 1 heterocycles. The molecule has 0 aliphatic rings. The zero-order valence-electron chi connectivity index (χ0n) is 9.62. The highest BCUT2D eigenvalue weighted by molar-refractivity contribution is 6.30. The predicted molar refractivity (Wildman–Crippen MR) is 65.8 cm³/mol. The molecule has 1 rings (SSSR count). The zero-order valence-corrected chi connectivity index (χ0v) is 10.4. The second kappa shape index (κ2) is 7.62. The molecule has 1 aromatic rings. The third kappa shape index (κ3) is 4.94. The van der Waals surface area contributed by atoms with Crippen LogP contribution >= 0.6 is 11.6 Å². The Labute approximate surface area is 102 Å². The maximum atomic E-state index is 5.97. The van der Waals surface area contributed by atoms with Crippen LogP contribution in [0.5, 0.6) is 0 Å². The number of aromatic nitrogens is 1. The molecule has 0 radical (unpaired) electrons. The topological polar surface area (TPSA) is 43.4 Å². The minimum Gasteiger partial charge on any atom is -0.427 e. The third-order valence-corrected chi connectivity index (χ3v) is 2.32. The van der Waals surface area contributed by atoms with Crippen LogP contribution in [0.4, 0.5) is 0 Å². The van der Waals surface area contributed by atoms with Crippen LogP contribution < -0.4 is 5.23 Å². The maximum Gasteiger partial charge on any atom is 0.360 e. The minimum absolute atomic E-state index is 0.487. The van der Waals surface area contributed by atoms with Gasteiger partial charge >= 0.3 is 7.62 Å². The molecule has 0 saturated carbocycles. The highest BCUT2D eigenvalue weighted by Gasteiger charge is 2.01. The summed E-state index contributed by atoms with van der Waals surface area (Å²) in [5.74, 6) is 0. The van der Waals surface area contributed by atoms with Crippen molar-refractivity contribution in [1.29, 1.82) is 0 Å². The lowest BCUT2D eigenvalue weighted by molar-refractivity contribution is 0.125. The standard InChI is InChI=1S/C10H16BClN2O2/c1-8-3-4-9(10(12)14-8)7-16-6-5-13-11-15-2/h3-4,11,13H,5-7H2,1-2H3. The van der Waals surface area contributed by atoms with Gasteiger partial charge in [0.1, 0.15) is 5.15 Å². The molecule has 4 nitrogen and oxygen atoms in total. The Morgan fingerprint density at radius 2 is 2.31 bits per heavy atom. The normalized spacial score (nSPS) is 10.4. The first-order chi connectivity index (χ1) is 7.74. The van der Waals surface area contributed by atoms with Crippen LogP contribution in [0, 0.1) is 6.92 Å². The van der Waals surface area contributed by atoms with Gasteiger partial charge in [0.2, 0.25) is 0 Å². The number of halogens is 1. The summed E-state index contributed by atoms with van der Waals surface area (Å²) in [5.41, 5.74) is 1.83. The smallest absolute Gasteiger partial charge is 0.360 e. The van der Waals surface area contributed by atoms with Crippen molar-refractivity contribution >= 4 is 19.2 Å². The monoisotopic (exact) mass is 242 g/mol. The summed E-state index contributed by atoms with van der Waals surface area (Å²) in [4.78, 5) is 4.15. The first-order valence-electron chi connectivity index (χ1n) is 5.13. The molecule has 16 heavy (non-hydrogen) atoms. The van der Waals surface area contributed by atoms with E-state index in [1.165, 1.54) is 0 Å². The van der Waals surface area contributed by atoms with E-state index < -0.39 is 0 Å². The van der Waals surface area contributed by atoms with Gasteiger partial charge in [-0.1, -0.05) is 17.7 Å². The molecule has 0 aliphatic carbocycles. The van der Waals surface area contributed by atoms with Crippen molar-refractivity contribution in [3.05, 3.63) is 28.5 Å². The van der Waals surface area contributed by atoms with Gasteiger partial charge in [-0.15, -0.1) is 0 Å². The van der Waals surface area contributed by atoms with Gasteiger partial charge in [0.25, 0.3) is 0 Å². The van der Waals surface area contributed by atoms with Crippen molar-refractivity contribution in [1.82, 2.24) is 10.2 Å². The molecule has 1 N–H and O–H groups in total. The molecular formula is C10H16BClN2O2. The van der Waals surface area contributed by atoms with Crippen molar-refractivity contribution < 1.29 is 9.39 Å². The van der Waals surface area contributed by atoms with E-state index in [9.17, 15) is 0 Å². The van der Waals surface area contributed by atoms with Crippen LogP contribution in [-0.2, 0) is 16.0 Å². The average molecular weight is 243 g/mol. The Hall–Kier alpha value is -0.615. The number of nitrogens with zero attached hydrogens (tertiary/aromatic N) is 1. The molecule has 0 aliphatic heterocycles. The van der Waals surface area contributed by atoms with Crippen LogP contribution in [0.2, 0.25) is 5.15 Å². The molecule has 1 aromatic heterocycles. The molecule has 0 atom stereocenters. The van der Waals surface area contributed by atoms with Gasteiger partial charge in [-0.05, 0) is 13.0 Å². The fraction of sp³-hybridized carbons (Fsp3) is 0.500. The van der Waals surface area contributed by atoms with Gasteiger partial charge in [0, 0.05) is 24.9 Å². The summed E-state index contributed by atoms with van der Waals surface area (Å²) in [5, 5.41) is 3.57. The summed E-state index contributed by atoms with van der Waals surface area (Å²) < 4.78 is 10.3. The molecule has 88 valence electrons. The van der Waals surface area contributed by atoms with Crippen molar-refractivity contribution in [2.75, 3.05) is 20.3 Å². The summed E-state index contributed by atoms with van der Waals surface area (Å²) in [6.07, 6.45) is 0. The SMILES string of the molecule is COBNCCOCc1ccc(C)nc1Cl. The number of aryl methyl sites for hydroxylation is 1. The van der Waals surface area contributed by atoms with Crippen LogP contribution in [0.15, 0.2) is 12.1 Å². The van der Waals surface area contributed by atoms with E-state index >= 15 is 0 Å². The number of pyridine rings is 1. The van der Waals surface area contributed by atoms with E-state index in [1.807, 2.05) is 19.1 Å². The Morgan fingerprint density at radius 1 is 1.50 bits per heavy atom. The van der Waals surface area contributed by atoms with Crippen LogP contribution in [0.1, 0.15) is 11.3 Å². The van der Waals surface area contributed by atoms with E-state index in [0.717, 1.165) is 17.8 Å². The number of rotatable bonds is 7. The first-order valence-corrected chi connectivity index (χ1v) is 5.51. The van der Waals surface area contributed by atoms with E-state index in [4.69, 9.17) is 21.0 Å². The van der Waals surface area contributed by atoms with Crippen molar-refractivity contribution in [2.45, 2.75) is 13.5 Å². The maximum absolute atomic E-state index is 5.97. The average Bonchev–Trinajstić information content (AvgIpc) is 2.26. The van der Waals surface area contributed by atoms with Crippen LogP contribution in [0.25, 0.3) is 0 Å². The van der Waals surface area contributed by atoms with Crippen LogP contribution in [0.3, 0.4) is 0 Å². The zero-order chi connectivity index (χ0) is 11.8.